The maximum Gasteiger partial charge on any atom is 0.323 e. The van der Waals surface area contributed by atoms with E-state index >= 15 is 0 Å². The minimum Gasteiger partial charge on any atom is -0.497 e. The van der Waals surface area contributed by atoms with Crippen molar-refractivity contribution in [2.45, 2.75) is 30.0 Å². The molecule has 2 aliphatic rings. The van der Waals surface area contributed by atoms with Crippen LogP contribution in [0.1, 0.15) is 25.0 Å². The summed E-state index contributed by atoms with van der Waals surface area (Å²) in [6.45, 7) is 4.90. The molecule has 2 aliphatic heterocycles. The molecule has 1 spiro atoms. The molecule has 0 saturated carbocycles. The van der Waals surface area contributed by atoms with Gasteiger partial charge >= 0.3 is 6.03 Å². The topological polar surface area (TPSA) is 61.9 Å². The maximum absolute atomic E-state index is 14.3. The molecular weight excluding hydrogens is 482 g/mol. The number of halogens is 1. The second-order valence-corrected chi connectivity index (χ2v) is 11.6. The Labute approximate surface area is 214 Å². The van der Waals surface area contributed by atoms with Gasteiger partial charge in [-0.1, -0.05) is 48.0 Å². The molecular formula is C27H26ClN3O3S. The van der Waals surface area contributed by atoms with Gasteiger partial charge in [-0.25, -0.2) is 4.79 Å². The van der Waals surface area contributed by atoms with Crippen LogP contribution in [0.2, 0.25) is 5.02 Å². The SMILES string of the molecule is COc1cccc(NC(=O)N2CC(C)(C)SC23C(=O)N(Cc2ccccc2)c2ccc(Cl)cc23)c1. The van der Waals surface area contributed by atoms with Gasteiger partial charge in [0.1, 0.15) is 5.75 Å². The number of nitrogens with zero attached hydrogens (tertiary/aromatic N) is 2. The molecule has 3 amide bonds. The summed E-state index contributed by atoms with van der Waals surface area (Å²) in [7, 11) is 1.58. The van der Waals surface area contributed by atoms with Crippen LogP contribution in [0.25, 0.3) is 0 Å². The highest BCUT2D eigenvalue weighted by atomic mass is 35.5. The molecule has 180 valence electrons. The number of carbonyl (C=O) groups excluding carboxylic acids is 2. The quantitative estimate of drug-likeness (QED) is 0.463. The number of ether oxygens (including phenoxy) is 1. The molecule has 1 fully saturated rings. The van der Waals surface area contributed by atoms with Crippen molar-refractivity contribution >= 4 is 46.7 Å². The van der Waals surface area contributed by atoms with Gasteiger partial charge in [0.05, 0.1) is 19.3 Å². The predicted octanol–water partition coefficient (Wildman–Crippen LogP) is 6.11. The number of urea groups is 1. The average Bonchev–Trinajstić information content (AvgIpc) is 3.26. The highest BCUT2D eigenvalue weighted by Crippen LogP contribution is 2.60. The van der Waals surface area contributed by atoms with E-state index in [4.69, 9.17) is 16.3 Å². The highest BCUT2D eigenvalue weighted by molar-refractivity contribution is 8.02. The van der Waals surface area contributed by atoms with Gasteiger partial charge in [0.25, 0.3) is 5.91 Å². The first kappa shape index (κ1) is 23.6. The maximum atomic E-state index is 14.3. The number of amides is 3. The first-order chi connectivity index (χ1) is 16.7. The lowest BCUT2D eigenvalue weighted by molar-refractivity contribution is -0.123. The number of hydrogen-bond acceptors (Lipinski definition) is 4. The standard InChI is InChI=1S/C27H26ClN3O3S/c1-26(2)17-31(25(33)29-20-10-7-11-21(15-20)34-3)27(35-26)22-14-19(28)12-13-23(22)30(24(27)32)16-18-8-5-4-6-9-18/h4-15H,16-17H2,1-3H3,(H,29,33). The third-order valence-electron chi connectivity index (χ3n) is 6.24. The van der Waals surface area contributed by atoms with Gasteiger partial charge in [0, 0.05) is 33.6 Å². The zero-order chi connectivity index (χ0) is 24.8. The molecule has 8 heteroatoms. The number of fused-ring (bicyclic) bond motifs is 2. The van der Waals surface area contributed by atoms with Crippen molar-refractivity contribution in [3.8, 4) is 5.75 Å². The molecule has 0 aromatic heterocycles. The normalized spacial score (nSPS) is 20.3. The van der Waals surface area contributed by atoms with Gasteiger partial charge in [0.2, 0.25) is 0 Å². The molecule has 1 unspecified atom stereocenters. The first-order valence-electron chi connectivity index (χ1n) is 11.3. The molecule has 5 rings (SSSR count). The number of anilines is 2. The number of thioether (sulfide) groups is 1. The van der Waals surface area contributed by atoms with E-state index < -0.39 is 4.87 Å². The van der Waals surface area contributed by atoms with E-state index in [1.165, 1.54) is 11.8 Å². The summed E-state index contributed by atoms with van der Waals surface area (Å²) in [5, 5.41) is 3.49. The van der Waals surface area contributed by atoms with Gasteiger partial charge in [-0.2, -0.15) is 0 Å². The molecule has 0 radical (unpaired) electrons. The Hall–Kier alpha value is -3.16. The lowest BCUT2D eigenvalue weighted by Gasteiger charge is -2.33. The van der Waals surface area contributed by atoms with Crippen LogP contribution in [0.4, 0.5) is 16.2 Å². The van der Waals surface area contributed by atoms with Crippen molar-refractivity contribution in [1.29, 1.82) is 0 Å². The van der Waals surface area contributed by atoms with Crippen LogP contribution in [-0.2, 0) is 16.2 Å². The Balaban J connectivity index is 1.58. The van der Waals surface area contributed by atoms with Crippen LogP contribution in [-0.4, -0.2) is 35.2 Å². The fourth-order valence-corrected chi connectivity index (χ4v) is 6.69. The van der Waals surface area contributed by atoms with Gasteiger partial charge in [-0.15, -0.1) is 11.8 Å². The lowest BCUT2D eigenvalue weighted by Crippen LogP contribution is -2.51. The summed E-state index contributed by atoms with van der Waals surface area (Å²) in [6, 6.07) is 22.1. The monoisotopic (exact) mass is 507 g/mol. The second kappa shape index (κ2) is 8.81. The van der Waals surface area contributed by atoms with Gasteiger partial charge in [0.15, 0.2) is 4.87 Å². The van der Waals surface area contributed by atoms with Crippen LogP contribution in [0.15, 0.2) is 72.8 Å². The zero-order valence-corrected chi connectivity index (χ0v) is 21.3. The molecule has 1 atom stereocenters. The fraction of sp³-hybridized carbons (Fsp3) is 0.259. The summed E-state index contributed by atoms with van der Waals surface area (Å²) in [5.41, 5.74) is 3.11. The molecule has 0 bridgehead atoms. The van der Waals surface area contributed by atoms with E-state index in [0.717, 1.165) is 16.8 Å². The largest absolute Gasteiger partial charge is 0.497 e. The molecule has 35 heavy (non-hydrogen) atoms. The molecule has 1 N–H and O–H groups in total. The minimum atomic E-state index is -1.22. The van der Waals surface area contributed by atoms with Crippen molar-refractivity contribution in [2.24, 2.45) is 0 Å². The summed E-state index contributed by atoms with van der Waals surface area (Å²) in [5.74, 6) is 0.492. The highest BCUT2D eigenvalue weighted by Gasteiger charge is 2.63. The Morgan fingerprint density at radius 2 is 1.86 bits per heavy atom. The first-order valence-corrected chi connectivity index (χ1v) is 12.5. The number of nitrogens with one attached hydrogen (secondary N) is 1. The summed E-state index contributed by atoms with van der Waals surface area (Å²) < 4.78 is 4.93. The van der Waals surface area contributed by atoms with Crippen molar-refractivity contribution < 1.29 is 14.3 Å². The summed E-state index contributed by atoms with van der Waals surface area (Å²) in [4.78, 5) is 30.2. The van der Waals surface area contributed by atoms with E-state index in [2.05, 4.69) is 19.2 Å². The van der Waals surface area contributed by atoms with E-state index in [1.807, 2.05) is 54.6 Å². The molecule has 6 nitrogen and oxygen atoms in total. The van der Waals surface area contributed by atoms with Crippen molar-refractivity contribution in [2.75, 3.05) is 23.9 Å². The molecule has 1 saturated heterocycles. The number of hydrogen-bond donors (Lipinski definition) is 1. The van der Waals surface area contributed by atoms with E-state index in [-0.39, 0.29) is 16.7 Å². The lowest BCUT2D eigenvalue weighted by atomic mass is 10.0. The van der Waals surface area contributed by atoms with Gasteiger partial charge in [-0.3, -0.25) is 9.69 Å². The summed E-state index contributed by atoms with van der Waals surface area (Å²) >= 11 is 7.93. The Bertz CT molecular complexity index is 1300. The van der Waals surface area contributed by atoms with Crippen LogP contribution >= 0.6 is 23.4 Å². The molecule has 2 heterocycles. The number of benzene rings is 3. The molecule has 0 aliphatic carbocycles. The van der Waals surface area contributed by atoms with Gasteiger partial charge < -0.3 is 15.0 Å². The predicted molar refractivity (Wildman–Crippen MR) is 141 cm³/mol. The molecule has 3 aromatic carbocycles. The average molecular weight is 508 g/mol. The van der Waals surface area contributed by atoms with Crippen LogP contribution in [0, 0.1) is 0 Å². The van der Waals surface area contributed by atoms with Crippen LogP contribution in [0.3, 0.4) is 0 Å². The third kappa shape index (κ3) is 4.13. The van der Waals surface area contributed by atoms with Crippen molar-refractivity contribution in [1.82, 2.24) is 4.90 Å². The number of carbonyl (C=O) groups is 2. The van der Waals surface area contributed by atoms with E-state index in [9.17, 15) is 9.59 Å². The fourth-order valence-electron chi connectivity index (χ4n) is 4.79. The van der Waals surface area contributed by atoms with Crippen molar-refractivity contribution in [3.63, 3.8) is 0 Å². The zero-order valence-electron chi connectivity index (χ0n) is 19.7. The number of methoxy groups -OCH3 is 1. The summed E-state index contributed by atoms with van der Waals surface area (Å²) in [6.07, 6.45) is 0. The Kier molecular flexibility index (Phi) is 5.93. The Morgan fingerprint density at radius 3 is 2.60 bits per heavy atom. The number of rotatable bonds is 4. The van der Waals surface area contributed by atoms with Crippen molar-refractivity contribution in [3.05, 3.63) is 88.9 Å². The Morgan fingerprint density at radius 1 is 1.09 bits per heavy atom. The minimum absolute atomic E-state index is 0.144. The van der Waals surface area contributed by atoms with Crippen LogP contribution in [0.5, 0.6) is 5.75 Å². The third-order valence-corrected chi connectivity index (χ3v) is 8.07. The second-order valence-electron chi connectivity index (χ2n) is 9.29. The van der Waals surface area contributed by atoms with E-state index in [1.54, 1.807) is 35.1 Å². The van der Waals surface area contributed by atoms with Gasteiger partial charge in [-0.05, 0) is 49.7 Å². The van der Waals surface area contributed by atoms with E-state index in [0.29, 0.717) is 29.5 Å². The smallest absolute Gasteiger partial charge is 0.323 e. The molecule has 3 aromatic rings. The van der Waals surface area contributed by atoms with Crippen LogP contribution < -0.4 is 15.0 Å².